The van der Waals surface area contributed by atoms with Crippen LogP contribution in [0.25, 0.3) is 6.08 Å². The van der Waals surface area contributed by atoms with Gasteiger partial charge in [-0.2, -0.15) is 0 Å². The minimum atomic E-state index is -1.06. The van der Waals surface area contributed by atoms with Crippen molar-refractivity contribution in [2.24, 2.45) is 0 Å². The maximum Gasteiger partial charge on any atom is 0.328 e. The third-order valence-corrected chi connectivity index (χ3v) is 2.88. The number of halogens is 1. The zero-order valence-corrected chi connectivity index (χ0v) is 11.5. The number of thiol groups is 1. The summed E-state index contributed by atoms with van der Waals surface area (Å²) < 4.78 is 0. The van der Waals surface area contributed by atoms with Crippen LogP contribution in [0.1, 0.15) is 22.8 Å². The molecule has 1 aromatic rings. The molecule has 1 unspecified atom stereocenters. The van der Waals surface area contributed by atoms with E-state index in [1.807, 2.05) is 0 Å². The largest absolute Gasteiger partial charge is 0.478 e. The predicted molar refractivity (Wildman–Crippen MR) is 73.1 cm³/mol. The topological polar surface area (TPSA) is 54.4 Å². The molecule has 0 bridgehead atoms. The molecule has 1 aromatic carbocycles. The Hall–Kier alpha value is -1.07. The summed E-state index contributed by atoms with van der Waals surface area (Å²) in [5, 5.41) is 8.58. The first-order chi connectivity index (χ1) is 7.93. The van der Waals surface area contributed by atoms with E-state index in [1.54, 1.807) is 25.1 Å². The second-order valence-corrected chi connectivity index (χ2v) is 5.25. The van der Waals surface area contributed by atoms with Gasteiger partial charge in [-0.3, -0.25) is 4.79 Å². The van der Waals surface area contributed by atoms with Crippen LogP contribution in [-0.4, -0.2) is 21.7 Å². The van der Waals surface area contributed by atoms with Gasteiger partial charge in [0, 0.05) is 16.5 Å². The minimum absolute atomic E-state index is 0.124. The Morgan fingerprint density at radius 2 is 2.12 bits per heavy atom. The zero-order chi connectivity index (χ0) is 13.0. The number of carboxylic acid groups (broad SMARTS) is 1. The van der Waals surface area contributed by atoms with Crippen LogP contribution in [0.4, 0.5) is 0 Å². The summed E-state index contributed by atoms with van der Waals surface area (Å²) >= 11 is 7.42. The van der Waals surface area contributed by atoms with E-state index < -0.39 is 5.97 Å². The molecular formula is C12H11BrO3S. The van der Waals surface area contributed by atoms with Crippen molar-refractivity contribution in [3.05, 3.63) is 35.4 Å². The molecule has 1 atom stereocenters. The average Bonchev–Trinajstić information content (AvgIpc) is 2.25. The standard InChI is InChI=1S/C12H11BrO3S/c1-7(13)12(16)11-8(5-6-10(14)15)3-2-4-9(11)17/h2-7,17H,1H3,(H,14,15). The predicted octanol–water partition coefficient (Wildman–Crippen LogP) is 3.04. The van der Waals surface area contributed by atoms with Crippen LogP contribution in [0, 0.1) is 0 Å². The molecule has 5 heteroatoms. The van der Waals surface area contributed by atoms with Gasteiger partial charge in [-0.15, -0.1) is 12.6 Å². The number of carbonyl (C=O) groups is 2. The highest BCUT2D eigenvalue weighted by molar-refractivity contribution is 9.10. The summed E-state index contributed by atoms with van der Waals surface area (Å²) in [5.41, 5.74) is 0.980. The van der Waals surface area contributed by atoms with Gasteiger partial charge in [-0.1, -0.05) is 28.1 Å². The summed E-state index contributed by atoms with van der Waals surface area (Å²) in [7, 11) is 0. The fourth-order valence-electron chi connectivity index (χ4n) is 1.32. The number of carboxylic acids is 1. The molecule has 0 aliphatic carbocycles. The van der Waals surface area contributed by atoms with Crippen molar-refractivity contribution in [1.82, 2.24) is 0 Å². The number of rotatable bonds is 4. The first-order valence-electron chi connectivity index (χ1n) is 4.84. The lowest BCUT2D eigenvalue weighted by atomic mass is 10.0. The Labute approximate surface area is 113 Å². The quantitative estimate of drug-likeness (QED) is 0.389. The highest BCUT2D eigenvalue weighted by Crippen LogP contribution is 2.23. The van der Waals surface area contributed by atoms with Crippen LogP contribution in [0.15, 0.2) is 29.2 Å². The second kappa shape index (κ2) is 6.02. The Morgan fingerprint density at radius 3 is 2.65 bits per heavy atom. The summed E-state index contributed by atoms with van der Waals surface area (Å²) in [6, 6.07) is 5.10. The van der Waals surface area contributed by atoms with Crippen LogP contribution < -0.4 is 0 Å². The number of benzene rings is 1. The molecule has 1 rings (SSSR count). The lowest BCUT2D eigenvalue weighted by molar-refractivity contribution is -0.131. The Morgan fingerprint density at radius 1 is 1.47 bits per heavy atom. The fourth-order valence-corrected chi connectivity index (χ4v) is 1.88. The number of hydrogen-bond donors (Lipinski definition) is 2. The van der Waals surface area contributed by atoms with E-state index in [0.717, 1.165) is 6.08 Å². The van der Waals surface area contributed by atoms with Gasteiger partial charge in [-0.25, -0.2) is 4.79 Å². The maximum absolute atomic E-state index is 12.0. The smallest absolute Gasteiger partial charge is 0.328 e. The number of carbonyl (C=O) groups excluding carboxylic acids is 1. The molecule has 0 spiro atoms. The summed E-state index contributed by atoms with van der Waals surface area (Å²) in [6.07, 6.45) is 2.39. The van der Waals surface area contributed by atoms with E-state index in [2.05, 4.69) is 28.6 Å². The van der Waals surface area contributed by atoms with Crippen LogP contribution in [-0.2, 0) is 4.79 Å². The zero-order valence-electron chi connectivity index (χ0n) is 9.05. The molecule has 0 saturated carbocycles. The molecule has 1 N–H and O–H groups in total. The lowest BCUT2D eigenvalue weighted by Crippen LogP contribution is -2.12. The number of hydrogen-bond acceptors (Lipinski definition) is 3. The van der Waals surface area contributed by atoms with Gasteiger partial charge in [0.2, 0.25) is 0 Å². The highest BCUT2D eigenvalue weighted by atomic mass is 79.9. The molecule has 0 heterocycles. The van der Waals surface area contributed by atoms with E-state index in [1.165, 1.54) is 6.08 Å². The van der Waals surface area contributed by atoms with Gasteiger partial charge in [0.15, 0.2) is 5.78 Å². The second-order valence-electron chi connectivity index (χ2n) is 3.39. The van der Waals surface area contributed by atoms with E-state index in [9.17, 15) is 9.59 Å². The van der Waals surface area contributed by atoms with Crippen molar-refractivity contribution >= 4 is 46.4 Å². The van der Waals surface area contributed by atoms with Crippen LogP contribution in [0.3, 0.4) is 0 Å². The molecule has 0 radical (unpaired) electrons. The molecule has 0 fully saturated rings. The van der Waals surface area contributed by atoms with E-state index in [-0.39, 0.29) is 10.6 Å². The van der Waals surface area contributed by atoms with E-state index >= 15 is 0 Å². The van der Waals surface area contributed by atoms with Crippen molar-refractivity contribution in [3.8, 4) is 0 Å². The highest BCUT2D eigenvalue weighted by Gasteiger charge is 2.17. The van der Waals surface area contributed by atoms with Crippen molar-refractivity contribution < 1.29 is 14.7 Å². The van der Waals surface area contributed by atoms with Crippen LogP contribution >= 0.6 is 28.6 Å². The number of Topliss-reactive ketones (excluding diaryl/α,β-unsaturated/α-hetero) is 1. The Balaban J connectivity index is 3.27. The summed E-state index contributed by atoms with van der Waals surface area (Å²) in [6.45, 7) is 1.72. The van der Waals surface area contributed by atoms with Gasteiger partial charge >= 0.3 is 5.97 Å². The van der Waals surface area contributed by atoms with Crippen LogP contribution in [0.5, 0.6) is 0 Å². The molecule has 0 amide bonds. The number of alkyl halides is 1. The van der Waals surface area contributed by atoms with Crippen LogP contribution in [0.2, 0.25) is 0 Å². The third kappa shape index (κ3) is 3.71. The third-order valence-electron chi connectivity index (χ3n) is 2.09. The van der Waals surface area contributed by atoms with E-state index in [4.69, 9.17) is 5.11 Å². The maximum atomic E-state index is 12.0. The fraction of sp³-hybridized carbons (Fsp3) is 0.167. The first kappa shape index (κ1) is 14.0. The molecule has 0 aliphatic rings. The minimum Gasteiger partial charge on any atom is -0.478 e. The molecular weight excluding hydrogens is 304 g/mol. The van der Waals surface area contributed by atoms with Gasteiger partial charge in [0.05, 0.1) is 4.83 Å². The first-order valence-corrected chi connectivity index (χ1v) is 6.21. The Bertz CT molecular complexity index is 481. The van der Waals surface area contributed by atoms with Gasteiger partial charge in [0.1, 0.15) is 0 Å². The monoisotopic (exact) mass is 314 g/mol. The molecule has 0 aliphatic heterocycles. The molecule has 17 heavy (non-hydrogen) atoms. The SMILES string of the molecule is CC(Br)C(=O)c1c(S)cccc1C=CC(=O)O. The molecule has 0 aromatic heterocycles. The van der Waals surface area contributed by atoms with Crippen molar-refractivity contribution in [1.29, 1.82) is 0 Å². The summed E-state index contributed by atoms with van der Waals surface area (Å²) in [4.78, 5) is 22.6. The van der Waals surface area contributed by atoms with Crippen molar-refractivity contribution in [2.45, 2.75) is 16.6 Å². The van der Waals surface area contributed by atoms with Gasteiger partial charge in [0.25, 0.3) is 0 Å². The molecule has 90 valence electrons. The Kier molecular flexibility index (Phi) is 4.96. The van der Waals surface area contributed by atoms with E-state index in [0.29, 0.717) is 16.0 Å². The molecule has 0 saturated heterocycles. The number of aliphatic carboxylic acids is 1. The molecule has 3 nitrogen and oxygen atoms in total. The van der Waals surface area contributed by atoms with Gasteiger partial charge in [-0.05, 0) is 24.6 Å². The normalized spacial score (nSPS) is 12.6. The number of ketones is 1. The lowest BCUT2D eigenvalue weighted by Gasteiger charge is -2.09. The van der Waals surface area contributed by atoms with Crippen molar-refractivity contribution in [3.63, 3.8) is 0 Å². The average molecular weight is 315 g/mol. The summed E-state index contributed by atoms with van der Waals surface area (Å²) in [5.74, 6) is -1.18. The van der Waals surface area contributed by atoms with Gasteiger partial charge < -0.3 is 5.11 Å². The van der Waals surface area contributed by atoms with Crippen molar-refractivity contribution in [2.75, 3.05) is 0 Å².